The van der Waals surface area contributed by atoms with Gasteiger partial charge in [0.15, 0.2) is 0 Å². The molecule has 0 unspecified atom stereocenters. The maximum Gasteiger partial charge on any atom is 0.478 e. The van der Waals surface area contributed by atoms with Gasteiger partial charge in [0.05, 0.1) is 18.5 Å². The molecule has 0 saturated heterocycles. The zero-order valence-electron chi connectivity index (χ0n) is 12.5. The van der Waals surface area contributed by atoms with Crippen LogP contribution in [0.1, 0.15) is 38.5 Å². The minimum atomic E-state index is -1.21. The van der Waals surface area contributed by atoms with Crippen molar-refractivity contribution < 1.29 is 24.4 Å². The molecule has 5 N–H and O–H groups in total. The Morgan fingerprint density at radius 3 is 2.64 bits per heavy atom. The fourth-order valence-corrected chi connectivity index (χ4v) is 2.91. The zero-order chi connectivity index (χ0) is 16.1. The first-order chi connectivity index (χ1) is 10.5. The van der Waals surface area contributed by atoms with Crippen molar-refractivity contribution in [1.82, 2.24) is 5.32 Å². The predicted octanol–water partition coefficient (Wildman–Crippen LogP) is -0.172. The second kappa shape index (κ2) is 7.76. The molecule has 0 aromatic heterocycles. The van der Waals surface area contributed by atoms with E-state index in [-0.39, 0.29) is 24.3 Å². The third-order valence-electron chi connectivity index (χ3n) is 4.25. The quantitative estimate of drug-likeness (QED) is 0.422. The Kier molecular flexibility index (Phi) is 5.99. The summed E-state index contributed by atoms with van der Waals surface area (Å²) in [7, 11) is -1.21. The molecule has 2 atom stereocenters. The number of hydrogen-bond donors (Lipinski definition) is 4. The molecule has 1 heterocycles. The van der Waals surface area contributed by atoms with Gasteiger partial charge in [0.1, 0.15) is 0 Å². The monoisotopic (exact) mass is 310 g/mol. The second-order valence-electron chi connectivity index (χ2n) is 6.05. The molecule has 1 saturated carbocycles. The van der Waals surface area contributed by atoms with Gasteiger partial charge in [-0.15, -0.1) is 0 Å². The van der Waals surface area contributed by atoms with Crippen molar-refractivity contribution in [3.8, 4) is 0 Å². The number of nitrogens with one attached hydrogen (secondary N) is 1. The normalized spacial score (nSPS) is 32.4. The number of rotatable bonds is 4. The Hall–Kier alpha value is -1.38. The molecule has 22 heavy (non-hydrogen) atoms. The number of amides is 1. The Morgan fingerprint density at radius 1 is 1.32 bits per heavy atom. The highest BCUT2D eigenvalue weighted by Gasteiger charge is 2.34. The van der Waals surface area contributed by atoms with E-state index in [1.165, 1.54) is 0 Å². The highest BCUT2D eigenvalue weighted by atomic mass is 16.5. The molecule has 1 aliphatic carbocycles. The molecule has 122 valence electrons. The maximum absolute atomic E-state index is 12.3. The maximum atomic E-state index is 12.3. The number of carboxylic acid groups (broad SMARTS) is 1. The van der Waals surface area contributed by atoms with Crippen LogP contribution in [-0.4, -0.2) is 47.2 Å². The molecule has 8 heteroatoms. The number of hydrogen-bond acceptors (Lipinski definition) is 5. The van der Waals surface area contributed by atoms with Crippen molar-refractivity contribution in [2.75, 3.05) is 0 Å². The van der Waals surface area contributed by atoms with Crippen LogP contribution in [0.4, 0.5) is 0 Å². The molecule has 0 aromatic rings. The molecule has 0 bridgehead atoms. The largest absolute Gasteiger partial charge is 0.481 e. The predicted molar refractivity (Wildman–Crippen MR) is 80.7 cm³/mol. The van der Waals surface area contributed by atoms with Crippen molar-refractivity contribution in [2.45, 2.75) is 56.6 Å². The number of carbonyl (C=O) groups excluding carboxylic acids is 1. The van der Waals surface area contributed by atoms with E-state index in [0.29, 0.717) is 6.42 Å². The molecule has 0 aromatic carbocycles. The standard InChI is InChI=1S/C14H23BN2O5/c16-10-6-4-9(5-7-10)14(20)17-12-3-1-2-11(8-13(18)19)22-15(12)21/h1-2,9-12,21H,3-8,16H2,(H,17,20)(H,18,19)/t9?,10?,11-,12+/m1/s1. The fraction of sp³-hybridized carbons (Fsp3) is 0.714. The molecule has 2 aliphatic rings. The first-order valence-electron chi connectivity index (χ1n) is 7.73. The summed E-state index contributed by atoms with van der Waals surface area (Å²) in [6.45, 7) is 0. The molecule has 0 spiro atoms. The SMILES string of the molecule is NC1CCC(C(=O)N[C@H]2CC=C[C@H](CC(=O)O)OB2O)CC1. The van der Waals surface area contributed by atoms with Crippen LogP contribution >= 0.6 is 0 Å². The van der Waals surface area contributed by atoms with Crippen molar-refractivity contribution >= 4 is 19.0 Å². The van der Waals surface area contributed by atoms with Crippen molar-refractivity contribution in [2.24, 2.45) is 11.7 Å². The van der Waals surface area contributed by atoms with Crippen LogP contribution in [0.5, 0.6) is 0 Å². The molecule has 7 nitrogen and oxygen atoms in total. The summed E-state index contributed by atoms with van der Waals surface area (Å²) in [5, 5.41) is 21.6. The minimum Gasteiger partial charge on any atom is -0.481 e. The summed E-state index contributed by atoms with van der Waals surface area (Å²) in [6.07, 6.45) is 6.06. The Labute approximate surface area is 130 Å². The van der Waals surface area contributed by atoms with Gasteiger partial charge in [0, 0.05) is 12.0 Å². The van der Waals surface area contributed by atoms with Gasteiger partial charge in [-0.05, 0) is 32.1 Å². The summed E-state index contributed by atoms with van der Waals surface area (Å²) in [5.41, 5.74) is 5.83. The van der Waals surface area contributed by atoms with Crippen LogP contribution in [-0.2, 0) is 14.2 Å². The van der Waals surface area contributed by atoms with Crippen LogP contribution < -0.4 is 11.1 Å². The van der Waals surface area contributed by atoms with Crippen molar-refractivity contribution in [1.29, 1.82) is 0 Å². The highest BCUT2D eigenvalue weighted by Crippen LogP contribution is 2.23. The van der Waals surface area contributed by atoms with Crippen LogP contribution in [0.3, 0.4) is 0 Å². The smallest absolute Gasteiger partial charge is 0.478 e. The summed E-state index contributed by atoms with van der Waals surface area (Å²) < 4.78 is 5.29. The molecule has 2 rings (SSSR count). The third kappa shape index (κ3) is 4.83. The van der Waals surface area contributed by atoms with Crippen LogP contribution in [0.15, 0.2) is 12.2 Å². The number of aliphatic carboxylic acids is 1. The highest BCUT2D eigenvalue weighted by molar-refractivity contribution is 6.45. The lowest BCUT2D eigenvalue weighted by Gasteiger charge is -2.27. The first kappa shape index (κ1) is 17.0. The first-order valence-corrected chi connectivity index (χ1v) is 7.73. The summed E-state index contributed by atoms with van der Waals surface area (Å²) in [6, 6.07) is 0.176. The molecule has 1 amide bonds. The molecular formula is C14H23BN2O5. The molecule has 0 radical (unpaired) electrons. The van der Waals surface area contributed by atoms with Gasteiger partial charge in [0.2, 0.25) is 5.91 Å². The van der Waals surface area contributed by atoms with E-state index in [2.05, 4.69) is 5.32 Å². The van der Waals surface area contributed by atoms with Crippen molar-refractivity contribution in [3.63, 3.8) is 0 Å². The van der Waals surface area contributed by atoms with E-state index >= 15 is 0 Å². The molecular weight excluding hydrogens is 287 g/mol. The third-order valence-corrected chi connectivity index (χ3v) is 4.25. The van der Waals surface area contributed by atoms with E-state index in [1.807, 2.05) is 0 Å². The minimum absolute atomic E-state index is 0.0750. The van der Waals surface area contributed by atoms with Gasteiger partial charge >= 0.3 is 13.1 Å². The van der Waals surface area contributed by atoms with Crippen LogP contribution in [0.2, 0.25) is 0 Å². The Bertz CT molecular complexity index is 437. The van der Waals surface area contributed by atoms with Gasteiger partial charge in [-0.1, -0.05) is 12.2 Å². The Morgan fingerprint density at radius 2 is 2.00 bits per heavy atom. The van der Waals surface area contributed by atoms with Gasteiger partial charge in [0.25, 0.3) is 0 Å². The number of carbonyl (C=O) groups is 2. The zero-order valence-corrected chi connectivity index (χ0v) is 12.5. The van der Waals surface area contributed by atoms with Gasteiger partial charge < -0.3 is 25.8 Å². The van der Waals surface area contributed by atoms with Crippen LogP contribution in [0, 0.1) is 5.92 Å². The molecule has 1 aliphatic heterocycles. The Balaban J connectivity index is 1.86. The van der Waals surface area contributed by atoms with E-state index < -0.39 is 25.1 Å². The average molecular weight is 310 g/mol. The fourth-order valence-electron chi connectivity index (χ4n) is 2.91. The second-order valence-corrected chi connectivity index (χ2v) is 6.05. The van der Waals surface area contributed by atoms with Gasteiger partial charge in [-0.2, -0.15) is 0 Å². The van der Waals surface area contributed by atoms with Crippen LogP contribution in [0.25, 0.3) is 0 Å². The lowest BCUT2D eigenvalue weighted by Crippen LogP contribution is -2.50. The van der Waals surface area contributed by atoms with E-state index in [4.69, 9.17) is 15.5 Å². The van der Waals surface area contributed by atoms with Gasteiger partial charge in [-0.3, -0.25) is 9.59 Å². The average Bonchev–Trinajstić information content (AvgIpc) is 2.61. The van der Waals surface area contributed by atoms with E-state index in [1.54, 1.807) is 12.2 Å². The lowest BCUT2D eigenvalue weighted by molar-refractivity contribution is -0.138. The summed E-state index contributed by atoms with van der Waals surface area (Å²) in [5.74, 6) is -1.72. The summed E-state index contributed by atoms with van der Waals surface area (Å²) in [4.78, 5) is 23.0. The van der Waals surface area contributed by atoms with E-state index in [0.717, 1.165) is 25.7 Å². The number of nitrogens with two attached hydrogens (primary N) is 1. The van der Waals surface area contributed by atoms with Gasteiger partial charge in [-0.25, -0.2) is 0 Å². The van der Waals surface area contributed by atoms with Crippen molar-refractivity contribution in [3.05, 3.63) is 12.2 Å². The van der Waals surface area contributed by atoms with E-state index in [9.17, 15) is 14.6 Å². The topological polar surface area (TPSA) is 122 Å². The summed E-state index contributed by atoms with van der Waals surface area (Å²) >= 11 is 0. The lowest BCUT2D eigenvalue weighted by atomic mass is 9.76. The molecule has 1 fully saturated rings. The number of carboxylic acids is 1.